The molecule has 1 amide bonds. The molecule has 1 rings (SSSR count). The number of thioether (sulfide) groups is 1. The largest absolute Gasteiger partial charge is 0.352 e. The summed E-state index contributed by atoms with van der Waals surface area (Å²) < 4.78 is 13.7. The number of unbranched alkanes of at least 4 members (excludes halogenated alkanes) is 2. The van der Waals surface area contributed by atoms with Gasteiger partial charge in [0.15, 0.2) is 0 Å². The third-order valence-corrected chi connectivity index (χ3v) is 3.55. The molecule has 0 bridgehead atoms. The molecule has 21 heavy (non-hydrogen) atoms. The summed E-state index contributed by atoms with van der Waals surface area (Å²) in [7, 11) is 0. The molecule has 1 aromatic rings. The van der Waals surface area contributed by atoms with Crippen LogP contribution in [0.25, 0.3) is 0 Å². The Kier molecular flexibility index (Phi) is 8.56. The Morgan fingerprint density at radius 2 is 2.19 bits per heavy atom. The number of hydrogen-bond acceptors (Lipinski definition) is 3. The van der Waals surface area contributed by atoms with Crippen molar-refractivity contribution in [1.82, 2.24) is 5.32 Å². The maximum atomic E-state index is 13.7. The van der Waals surface area contributed by atoms with Crippen molar-refractivity contribution >= 4 is 17.7 Å². The normalized spacial score (nSPS) is 9.86. The summed E-state index contributed by atoms with van der Waals surface area (Å²) in [5.41, 5.74) is 5.91. The molecule has 0 spiro atoms. The standard InChI is InChI=1S/C16H21FN2OS/c1-21-11-4-2-3-10-19-16(20)14-12-13(6-5-9-18)7-8-15(14)17/h7-8,12H,2-4,9-11,18H2,1H3,(H,19,20). The van der Waals surface area contributed by atoms with E-state index in [0.717, 1.165) is 25.0 Å². The van der Waals surface area contributed by atoms with E-state index in [2.05, 4.69) is 23.4 Å². The Morgan fingerprint density at radius 3 is 2.90 bits per heavy atom. The number of halogens is 1. The molecule has 0 fully saturated rings. The number of nitrogens with one attached hydrogen (secondary N) is 1. The topological polar surface area (TPSA) is 55.1 Å². The van der Waals surface area contributed by atoms with Crippen LogP contribution in [-0.2, 0) is 0 Å². The second-order valence-corrected chi connectivity index (χ2v) is 5.50. The molecule has 0 unspecified atom stereocenters. The molecular weight excluding hydrogens is 287 g/mol. The third kappa shape index (κ3) is 6.65. The van der Waals surface area contributed by atoms with Crippen LogP contribution in [0.3, 0.4) is 0 Å². The summed E-state index contributed by atoms with van der Waals surface area (Å²) in [4.78, 5) is 12.0. The summed E-state index contributed by atoms with van der Waals surface area (Å²) >= 11 is 1.81. The Balaban J connectivity index is 2.53. The van der Waals surface area contributed by atoms with Crippen molar-refractivity contribution < 1.29 is 9.18 Å². The van der Waals surface area contributed by atoms with E-state index < -0.39 is 11.7 Å². The first kappa shape index (κ1) is 17.5. The van der Waals surface area contributed by atoms with Crippen molar-refractivity contribution in [1.29, 1.82) is 0 Å². The van der Waals surface area contributed by atoms with Gasteiger partial charge in [-0.1, -0.05) is 18.3 Å². The van der Waals surface area contributed by atoms with E-state index in [1.807, 2.05) is 11.8 Å². The van der Waals surface area contributed by atoms with Crippen LogP contribution in [0.5, 0.6) is 0 Å². The number of hydrogen-bond donors (Lipinski definition) is 2. The van der Waals surface area contributed by atoms with Crippen molar-refractivity contribution in [2.45, 2.75) is 19.3 Å². The highest BCUT2D eigenvalue weighted by Gasteiger charge is 2.11. The summed E-state index contributed by atoms with van der Waals surface area (Å²) in [5, 5.41) is 2.74. The van der Waals surface area contributed by atoms with Gasteiger partial charge in [0.05, 0.1) is 12.1 Å². The number of rotatable bonds is 7. The van der Waals surface area contributed by atoms with Gasteiger partial charge in [-0.05, 0) is 43.0 Å². The average Bonchev–Trinajstić information content (AvgIpc) is 2.49. The van der Waals surface area contributed by atoms with Crippen LogP contribution in [0.4, 0.5) is 4.39 Å². The SMILES string of the molecule is CSCCCCCNC(=O)c1cc(C#CCN)ccc1F. The summed E-state index contributed by atoms with van der Waals surface area (Å²) in [5.74, 6) is 5.68. The number of carbonyl (C=O) groups excluding carboxylic acids is 1. The quantitative estimate of drug-likeness (QED) is 0.601. The van der Waals surface area contributed by atoms with E-state index in [0.29, 0.717) is 12.1 Å². The van der Waals surface area contributed by atoms with Gasteiger partial charge in [0.25, 0.3) is 5.91 Å². The molecule has 0 saturated heterocycles. The van der Waals surface area contributed by atoms with E-state index in [9.17, 15) is 9.18 Å². The van der Waals surface area contributed by atoms with Gasteiger partial charge in [-0.15, -0.1) is 0 Å². The molecule has 0 aliphatic carbocycles. The summed E-state index contributed by atoms with van der Waals surface area (Å²) in [6.07, 6.45) is 5.17. The zero-order valence-electron chi connectivity index (χ0n) is 12.2. The lowest BCUT2D eigenvalue weighted by Gasteiger charge is -2.06. The molecule has 3 N–H and O–H groups in total. The highest BCUT2D eigenvalue weighted by atomic mass is 32.2. The lowest BCUT2D eigenvalue weighted by atomic mass is 10.1. The highest BCUT2D eigenvalue weighted by molar-refractivity contribution is 7.98. The van der Waals surface area contributed by atoms with E-state index in [-0.39, 0.29) is 12.1 Å². The minimum atomic E-state index is -0.534. The van der Waals surface area contributed by atoms with Gasteiger partial charge in [0.2, 0.25) is 0 Å². The monoisotopic (exact) mass is 308 g/mol. The molecular formula is C16H21FN2OS. The van der Waals surface area contributed by atoms with Crippen LogP contribution in [0.15, 0.2) is 18.2 Å². The van der Waals surface area contributed by atoms with Crippen LogP contribution in [0.1, 0.15) is 35.2 Å². The zero-order valence-corrected chi connectivity index (χ0v) is 13.1. The van der Waals surface area contributed by atoms with Gasteiger partial charge < -0.3 is 11.1 Å². The van der Waals surface area contributed by atoms with Crippen molar-refractivity contribution in [3.8, 4) is 11.8 Å². The molecule has 114 valence electrons. The second-order valence-electron chi connectivity index (χ2n) is 4.51. The highest BCUT2D eigenvalue weighted by Crippen LogP contribution is 2.10. The van der Waals surface area contributed by atoms with Gasteiger partial charge in [0, 0.05) is 12.1 Å². The number of carbonyl (C=O) groups is 1. The molecule has 1 aromatic carbocycles. The maximum absolute atomic E-state index is 13.7. The van der Waals surface area contributed by atoms with Gasteiger partial charge >= 0.3 is 0 Å². The lowest BCUT2D eigenvalue weighted by molar-refractivity contribution is 0.0949. The third-order valence-electron chi connectivity index (χ3n) is 2.86. The molecule has 0 aliphatic heterocycles. The van der Waals surface area contributed by atoms with E-state index in [4.69, 9.17) is 5.73 Å². The number of nitrogens with two attached hydrogens (primary N) is 1. The van der Waals surface area contributed by atoms with Gasteiger partial charge in [-0.2, -0.15) is 11.8 Å². The van der Waals surface area contributed by atoms with Gasteiger partial charge in [-0.25, -0.2) is 4.39 Å². The predicted octanol–water partition coefficient (Wildman–Crippen LogP) is 2.40. The average molecular weight is 308 g/mol. The van der Waals surface area contributed by atoms with E-state index >= 15 is 0 Å². The van der Waals surface area contributed by atoms with E-state index in [1.165, 1.54) is 18.2 Å². The van der Waals surface area contributed by atoms with Gasteiger partial charge in [-0.3, -0.25) is 4.79 Å². The Hall–Kier alpha value is -1.51. The van der Waals surface area contributed by atoms with Crippen LogP contribution in [0.2, 0.25) is 0 Å². The zero-order chi connectivity index (χ0) is 15.5. The molecule has 0 aliphatic rings. The minimum absolute atomic E-state index is 0.0305. The number of amides is 1. The minimum Gasteiger partial charge on any atom is -0.352 e. The maximum Gasteiger partial charge on any atom is 0.254 e. The van der Waals surface area contributed by atoms with Crippen LogP contribution < -0.4 is 11.1 Å². The molecule has 0 radical (unpaired) electrons. The molecule has 0 aromatic heterocycles. The summed E-state index contributed by atoms with van der Waals surface area (Å²) in [6, 6.07) is 4.26. The molecule has 0 atom stereocenters. The number of benzene rings is 1. The predicted molar refractivity (Wildman–Crippen MR) is 86.9 cm³/mol. The summed E-state index contributed by atoms with van der Waals surface area (Å²) in [6.45, 7) is 0.792. The van der Waals surface area contributed by atoms with Crippen LogP contribution in [-0.4, -0.2) is 31.0 Å². The van der Waals surface area contributed by atoms with Crippen molar-refractivity contribution in [2.24, 2.45) is 5.73 Å². The smallest absolute Gasteiger partial charge is 0.254 e. The fraction of sp³-hybridized carbons (Fsp3) is 0.438. The lowest BCUT2D eigenvalue weighted by Crippen LogP contribution is -2.25. The van der Waals surface area contributed by atoms with Crippen molar-refractivity contribution in [3.05, 3.63) is 35.1 Å². The Labute approximate surface area is 129 Å². The van der Waals surface area contributed by atoms with Gasteiger partial charge in [0.1, 0.15) is 5.82 Å². The van der Waals surface area contributed by atoms with Crippen molar-refractivity contribution in [2.75, 3.05) is 25.1 Å². The van der Waals surface area contributed by atoms with Crippen LogP contribution >= 0.6 is 11.8 Å². The first-order valence-corrected chi connectivity index (χ1v) is 8.34. The molecule has 0 saturated carbocycles. The first-order valence-electron chi connectivity index (χ1n) is 6.94. The molecule has 3 nitrogen and oxygen atoms in total. The molecule has 0 heterocycles. The first-order chi connectivity index (χ1) is 10.2. The Morgan fingerprint density at radius 1 is 1.38 bits per heavy atom. The fourth-order valence-electron chi connectivity index (χ4n) is 1.78. The Bertz CT molecular complexity index is 523. The fourth-order valence-corrected chi connectivity index (χ4v) is 2.27. The second kappa shape index (κ2) is 10.3. The van der Waals surface area contributed by atoms with Crippen LogP contribution in [0, 0.1) is 17.7 Å². The van der Waals surface area contributed by atoms with E-state index in [1.54, 1.807) is 0 Å². The molecule has 5 heteroatoms. The van der Waals surface area contributed by atoms with Crippen molar-refractivity contribution in [3.63, 3.8) is 0 Å².